The van der Waals surface area contributed by atoms with Crippen LogP contribution in [0.4, 0.5) is 5.69 Å². The zero-order valence-electron chi connectivity index (χ0n) is 16.2. The first kappa shape index (κ1) is 19.4. The van der Waals surface area contributed by atoms with Crippen molar-refractivity contribution in [3.8, 4) is 0 Å². The van der Waals surface area contributed by atoms with E-state index >= 15 is 0 Å². The third kappa shape index (κ3) is 4.86. The van der Waals surface area contributed by atoms with Gasteiger partial charge in [-0.1, -0.05) is 6.07 Å². The van der Waals surface area contributed by atoms with E-state index in [9.17, 15) is 14.4 Å². The minimum absolute atomic E-state index is 0.0451. The number of aryl methyl sites for hydroxylation is 1. The van der Waals surface area contributed by atoms with Crippen molar-refractivity contribution in [1.29, 1.82) is 0 Å². The molecule has 1 heterocycles. The van der Waals surface area contributed by atoms with Crippen LogP contribution < -0.4 is 10.6 Å². The first-order valence-electron chi connectivity index (χ1n) is 9.57. The van der Waals surface area contributed by atoms with Gasteiger partial charge in [0.2, 0.25) is 11.8 Å². The number of amides is 3. The number of carbonyl (C=O) groups is 3. The Balaban J connectivity index is 1.58. The van der Waals surface area contributed by atoms with E-state index in [-0.39, 0.29) is 23.8 Å². The maximum atomic E-state index is 12.8. The third-order valence-corrected chi connectivity index (χ3v) is 5.25. The van der Waals surface area contributed by atoms with Gasteiger partial charge < -0.3 is 15.5 Å². The predicted molar refractivity (Wildman–Crippen MR) is 104 cm³/mol. The van der Waals surface area contributed by atoms with Gasteiger partial charge in [0, 0.05) is 50.4 Å². The van der Waals surface area contributed by atoms with Crippen molar-refractivity contribution in [2.45, 2.75) is 45.7 Å². The lowest BCUT2D eigenvalue weighted by Gasteiger charge is -2.37. The van der Waals surface area contributed by atoms with Crippen LogP contribution in [0.3, 0.4) is 0 Å². The van der Waals surface area contributed by atoms with E-state index in [1.165, 1.54) is 6.92 Å². The highest BCUT2D eigenvalue weighted by atomic mass is 16.2. The maximum Gasteiger partial charge on any atom is 0.254 e. The highest BCUT2D eigenvalue weighted by molar-refractivity contribution is 5.97. The van der Waals surface area contributed by atoms with Crippen molar-refractivity contribution in [3.63, 3.8) is 0 Å². The summed E-state index contributed by atoms with van der Waals surface area (Å²) in [5, 5.41) is 5.81. The topological polar surface area (TPSA) is 81.8 Å². The maximum absolute atomic E-state index is 12.8. The molecule has 2 aliphatic rings. The molecule has 2 N–H and O–H groups in total. The Hall–Kier alpha value is -2.41. The summed E-state index contributed by atoms with van der Waals surface area (Å²) in [5.74, 6) is -0.123. The lowest BCUT2D eigenvalue weighted by Crippen LogP contribution is -2.55. The van der Waals surface area contributed by atoms with E-state index in [1.54, 1.807) is 12.1 Å². The number of hydrogen-bond acceptors (Lipinski definition) is 4. The Labute approximate surface area is 160 Å². The summed E-state index contributed by atoms with van der Waals surface area (Å²) in [7, 11) is 0. The first-order valence-corrected chi connectivity index (χ1v) is 9.57. The van der Waals surface area contributed by atoms with E-state index < -0.39 is 0 Å². The van der Waals surface area contributed by atoms with Crippen LogP contribution in [0.15, 0.2) is 18.2 Å². The molecule has 0 spiro atoms. The molecule has 146 valence electrons. The van der Waals surface area contributed by atoms with Crippen LogP contribution in [0, 0.1) is 6.92 Å². The van der Waals surface area contributed by atoms with E-state index in [4.69, 9.17) is 0 Å². The van der Waals surface area contributed by atoms with E-state index in [1.807, 2.05) is 24.8 Å². The molecule has 1 aromatic carbocycles. The molecule has 1 aliphatic heterocycles. The Morgan fingerprint density at radius 1 is 1.11 bits per heavy atom. The second-order valence-corrected chi connectivity index (χ2v) is 7.50. The average molecular weight is 372 g/mol. The zero-order valence-corrected chi connectivity index (χ0v) is 16.2. The van der Waals surface area contributed by atoms with Crippen molar-refractivity contribution < 1.29 is 14.4 Å². The van der Waals surface area contributed by atoms with Gasteiger partial charge in [0.1, 0.15) is 0 Å². The molecular weight excluding hydrogens is 344 g/mol. The Morgan fingerprint density at radius 2 is 1.78 bits per heavy atom. The molecule has 7 nitrogen and oxygen atoms in total. The van der Waals surface area contributed by atoms with E-state index in [0.29, 0.717) is 43.5 Å². The summed E-state index contributed by atoms with van der Waals surface area (Å²) in [5.41, 5.74) is 2.15. The molecule has 1 atom stereocenters. The van der Waals surface area contributed by atoms with Crippen molar-refractivity contribution in [3.05, 3.63) is 29.3 Å². The van der Waals surface area contributed by atoms with Gasteiger partial charge in [0.25, 0.3) is 5.91 Å². The van der Waals surface area contributed by atoms with Crippen LogP contribution >= 0.6 is 0 Å². The number of carbonyl (C=O) groups excluding carboxylic acids is 3. The lowest BCUT2D eigenvalue weighted by atomic mass is 10.1. The third-order valence-electron chi connectivity index (χ3n) is 5.25. The van der Waals surface area contributed by atoms with Crippen LogP contribution in [0.5, 0.6) is 0 Å². The second kappa shape index (κ2) is 8.08. The Kier molecular flexibility index (Phi) is 5.79. The molecule has 0 bridgehead atoms. The minimum Gasteiger partial charge on any atom is -0.352 e. The fourth-order valence-corrected chi connectivity index (χ4v) is 3.29. The number of anilines is 1. The summed E-state index contributed by atoms with van der Waals surface area (Å²) in [6, 6.07) is 5.56. The fourth-order valence-electron chi connectivity index (χ4n) is 3.29. The molecule has 1 unspecified atom stereocenters. The highest BCUT2D eigenvalue weighted by Gasteiger charge is 2.31. The van der Waals surface area contributed by atoms with Crippen LogP contribution in [-0.2, 0) is 9.59 Å². The summed E-state index contributed by atoms with van der Waals surface area (Å²) in [4.78, 5) is 40.3. The van der Waals surface area contributed by atoms with Gasteiger partial charge in [-0.2, -0.15) is 0 Å². The molecule has 1 aliphatic carbocycles. The minimum atomic E-state index is -0.173. The second-order valence-electron chi connectivity index (χ2n) is 7.50. The molecule has 27 heavy (non-hydrogen) atoms. The summed E-state index contributed by atoms with van der Waals surface area (Å²) in [6.07, 6.45) is 2.16. The van der Waals surface area contributed by atoms with E-state index in [2.05, 4.69) is 15.5 Å². The van der Waals surface area contributed by atoms with Gasteiger partial charge in [0.15, 0.2) is 0 Å². The molecule has 3 rings (SSSR count). The zero-order chi connectivity index (χ0) is 19.6. The highest BCUT2D eigenvalue weighted by Crippen LogP contribution is 2.20. The SMILES string of the molecule is CC(=O)Nc1cc(C(=O)N2CCN(C(C)C(=O)NC3CC3)CC2)ccc1C. The van der Waals surface area contributed by atoms with Crippen molar-refractivity contribution in [1.82, 2.24) is 15.1 Å². The number of benzene rings is 1. The number of piperazine rings is 1. The number of rotatable bonds is 5. The normalized spacial score (nSPS) is 18.7. The summed E-state index contributed by atoms with van der Waals surface area (Å²) in [6.45, 7) is 7.80. The molecule has 0 radical (unpaired) electrons. The van der Waals surface area contributed by atoms with Gasteiger partial charge in [-0.15, -0.1) is 0 Å². The molecule has 1 saturated heterocycles. The van der Waals surface area contributed by atoms with Crippen LogP contribution in [0.25, 0.3) is 0 Å². The fraction of sp³-hybridized carbons (Fsp3) is 0.550. The largest absolute Gasteiger partial charge is 0.352 e. The number of nitrogens with one attached hydrogen (secondary N) is 2. The molecule has 3 amide bonds. The van der Waals surface area contributed by atoms with Gasteiger partial charge in [0.05, 0.1) is 6.04 Å². The molecule has 7 heteroatoms. The lowest BCUT2D eigenvalue weighted by molar-refractivity contribution is -0.126. The Morgan fingerprint density at radius 3 is 2.37 bits per heavy atom. The molecule has 0 aromatic heterocycles. The number of hydrogen-bond donors (Lipinski definition) is 2. The van der Waals surface area contributed by atoms with E-state index in [0.717, 1.165) is 18.4 Å². The van der Waals surface area contributed by atoms with Gasteiger partial charge in [-0.25, -0.2) is 0 Å². The van der Waals surface area contributed by atoms with Crippen molar-refractivity contribution in [2.24, 2.45) is 0 Å². The quantitative estimate of drug-likeness (QED) is 0.818. The van der Waals surface area contributed by atoms with Gasteiger partial charge >= 0.3 is 0 Å². The van der Waals surface area contributed by atoms with Gasteiger partial charge in [-0.05, 0) is 44.4 Å². The first-order chi connectivity index (χ1) is 12.8. The smallest absolute Gasteiger partial charge is 0.254 e. The predicted octanol–water partition coefficient (Wildman–Crippen LogP) is 1.38. The van der Waals surface area contributed by atoms with Crippen LogP contribution in [0.1, 0.15) is 42.6 Å². The Bertz CT molecular complexity index is 737. The molecular formula is C20H28N4O3. The van der Waals surface area contributed by atoms with Crippen LogP contribution in [0.2, 0.25) is 0 Å². The summed E-state index contributed by atoms with van der Waals surface area (Å²) >= 11 is 0. The molecule has 2 fully saturated rings. The summed E-state index contributed by atoms with van der Waals surface area (Å²) < 4.78 is 0. The average Bonchev–Trinajstić information content (AvgIpc) is 3.46. The number of nitrogens with zero attached hydrogens (tertiary/aromatic N) is 2. The van der Waals surface area contributed by atoms with Crippen molar-refractivity contribution in [2.75, 3.05) is 31.5 Å². The molecule has 1 aromatic rings. The van der Waals surface area contributed by atoms with Crippen LogP contribution in [-0.4, -0.2) is 65.8 Å². The monoisotopic (exact) mass is 372 g/mol. The van der Waals surface area contributed by atoms with Crippen molar-refractivity contribution >= 4 is 23.4 Å². The molecule has 1 saturated carbocycles. The standard InChI is InChI=1S/C20H28N4O3/c1-13-4-5-16(12-18(13)21-15(3)25)20(27)24-10-8-23(9-11-24)14(2)19(26)22-17-6-7-17/h4-5,12,14,17H,6-11H2,1-3H3,(H,21,25)(H,22,26). The van der Waals surface area contributed by atoms with Gasteiger partial charge in [-0.3, -0.25) is 19.3 Å².